The SMILES string of the molecule is CC(C)(C)C(=O)N1CCC(CSc2nnc(C3CC3)n2-c2ccccc2)CC1. The minimum Gasteiger partial charge on any atom is -0.342 e. The minimum absolute atomic E-state index is 0.275. The van der Waals surface area contributed by atoms with E-state index in [1.165, 1.54) is 12.8 Å². The summed E-state index contributed by atoms with van der Waals surface area (Å²) in [5, 5.41) is 10.0. The van der Waals surface area contributed by atoms with Crippen LogP contribution in [-0.4, -0.2) is 44.4 Å². The molecule has 0 bridgehead atoms. The van der Waals surface area contributed by atoms with Crippen LogP contribution in [-0.2, 0) is 4.79 Å². The van der Waals surface area contributed by atoms with E-state index in [0.717, 1.165) is 48.4 Å². The van der Waals surface area contributed by atoms with Crippen molar-refractivity contribution in [2.45, 2.75) is 57.5 Å². The molecule has 2 heterocycles. The number of carbonyl (C=O) groups excluding carboxylic acids is 1. The Kier molecular flexibility index (Phi) is 5.50. The maximum atomic E-state index is 12.5. The number of para-hydroxylation sites is 1. The maximum absolute atomic E-state index is 12.5. The molecule has 0 spiro atoms. The third-order valence-corrected chi connectivity index (χ3v) is 6.77. The molecule has 0 radical (unpaired) electrons. The quantitative estimate of drug-likeness (QED) is 0.695. The molecule has 0 atom stereocenters. The van der Waals surface area contributed by atoms with Crippen molar-refractivity contribution in [3.8, 4) is 5.69 Å². The summed E-state index contributed by atoms with van der Waals surface area (Å²) < 4.78 is 2.25. The van der Waals surface area contributed by atoms with Crippen molar-refractivity contribution in [1.29, 1.82) is 0 Å². The van der Waals surface area contributed by atoms with Crippen molar-refractivity contribution in [2.75, 3.05) is 18.8 Å². The summed E-state index contributed by atoms with van der Waals surface area (Å²) in [6.07, 6.45) is 4.58. The van der Waals surface area contributed by atoms with Crippen LogP contribution in [0.2, 0.25) is 0 Å². The van der Waals surface area contributed by atoms with Gasteiger partial charge in [-0.15, -0.1) is 10.2 Å². The van der Waals surface area contributed by atoms with Gasteiger partial charge in [-0.2, -0.15) is 0 Å². The minimum atomic E-state index is -0.285. The summed E-state index contributed by atoms with van der Waals surface area (Å²) in [6, 6.07) is 10.5. The van der Waals surface area contributed by atoms with Gasteiger partial charge in [-0.05, 0) is 43.7 Å². The van der Waals surface area contributed by atoms with Crippen LogP contribution in [0.5, 0.6) is 0 Å². The van der Waals surface area contributed by atoms with Crippen LogP contribution in [0.4, 0.5) is 0 Å². The third-order valence-electron chi connectivity index (χ3n) is 5.61. The summed E-state index contributed by atoms with van der Waals surface area (Å²) in [7, 11) is 0. The van der Waals surface area contributed by atoms with Gasteiger partial charge in [0.05, 0.1) is 0 Å². The van der Waals surface area contributed by atoms with Crippen LogP contribution in [0, 0.1) is 11.3 Å². The van der Waals surface area contributed by atoms with E-state index >= 15 is 0 Å². The molecule has 2 aromatic rings. The molecule has 5 nitrogen and oxygen atoms in total. The Balaban J connectivity index is 1.39. The van der Waals surface area contributed by atoms with Crippen LogP contribution in [0.25, 0.3) is 5.69 Å². The molecule has 6 heteroatoms. The third kappa shape index (κ3) is 4.27. The van der Waals surface area contributed by atoms with Crippen LogP contribution in [0.15, 0.2) is 35.5 Å². The highest BCUT2D eigenvalue weighted by Gasteiger charge is 2.32. The summed E-state index contributed by atoms with van der Waals surface area (Å²) in [4.78, 5) is 14.5. The molecule has 1 aliphatic carbocycles. The van der Waals surface area contributed by atoms with Crippen LogP contribution in [0.3, 0.4) is 0 Å². The summed E-state index contributed by atoms with van der Waals surface area (Å²) in [6.45, 7) is 7.77. The van der Waals surface area contributed by atoms with Crippen molar-refractivity contribution < 1.29 is 4.79 Å². The van der Waals surface area contributed by atoms with Gasteiger partial charge < -0.3 is 4.90 Å². The van der Waals surface area contributed by atoms with Gasteiger partial charge >= 0.3 is 0 Å². The number of hydrogen-bond acceptors (Lipinski definition) is 4. The van der Waals surface area contributed by atoms with E-state index in [1.807, 2.05) is 43.5 Å². The zero-order valence-electron chi connectivity index (χ0n) is 17.1. The fourth-order valence-electron chi connectivity index (χ4n) is 3.77. The molecule has 0 N–H and O–H groups in total. The highest BCUT2D eigenvalue weighted by Crippen LogP contribution is 2.41. The predicted octanol–water partition coefficient (Wildman–Crippen LogP) is 4.52. The van der Waals surface area contributed by atoms with Gasteiger partial charge in [0.25, 0.3) is 0 Å². The second-order valence-electron chi connectivity index (χ2n) is 9.08. The van der Waals surface area contributed by atoms with Crippen LogP contribution in [0.1, 0.15) is 58.2 Å². The number of likely N-dealkylation sites (tertiary alicyclic amines) is 1. The molecule has 1 aliphatic heterocycles. The second-order valence-corrected chi connectivity index (χ2v) is 10.1. The predicted molar refractivity (Wildman–Crippen MR) is 113 cm³/mol. The largest absolute Gasteiger partial charge is 0.342 e. The van der Waals surface area contributed by atoms with Gasteiger partial charge in [0, 0.05) is 35.9 Å². The fraction of sp³-hybridized carbons (Fsp3) is 0.591. The highest BCUT2D eigenvalue weighted by atomic mass is 32.2. The van der Waals surface area contributed by atoms with Gasteiger partial charge in [-0.3, -0.25) is 9.36 Å². The molecule has 0 unspecified atom stereocenters. The zero-order valence-corrected chi connectivity index (χ0v) is 17.9. The number of amides is 1. The van der Waals surface area contributed by atoms with Gasteiger partial charge in [-0.1, -0.05) is 50.7 Å². The molecule has 4 rings (SSSR count). The lowest BCUT2D eigenvalue weighted by Gasteiger charge is -2.35. The fourth-order valence-corrected chi connectivity index (χ4v) is 4.91. The molecular weight excluding hydrogens is 368 g/mol. The molecular formula is C22H30N4OS. The van der Waals surface area contributed by atoms with Crippen molar-refractivity contribution in [2.24, 2.45) is 11.3 Å². The molecule has 1 saturated carbocycles. The Morgan fingerprint density at radius 1 is 1.07 bits per heavy atom. The van der Waals surface area contributed by atoms with Crippen LogP contribution >= 0.6 is 11.8 Å². The standard InChI is InChI=1S/C22H30N4OS/c1-22(2,3)20(27)25-13-11-16(12-14-25)15-28-21-24-23-19(17-9-10-17)26(21)18-7-5-4-6-8-18/h4-8,16-17H,9-15H2,1-3H3. The number of thioether (sulfide) groups is 1. The first-order valence-electron chi connectivity index (χ1n) is 10.4. The number of hydrogen-bond donors (Lipinski definition) is 0. The van der Waals surface area contributed by atoms with Crippen LogP contribution < -0.4 is 0 Å². The molecule has 28 heavy (non-hydrogen) atoms. The number of rotatable bonds is 5. The normalized spacial score (nSPS) is 18.5. The zero-order chi connectivity index (χ0) is 19.7. The molecule has 2 aliphatic rings. The van der Waals surface area contributed by atoms with Gasteiger partial charge in [-0.25, -0.2) is 0 Å². The molecule has 1 aromatic carbocycles. The molecule has 150 valence electrons. The van der Waals surface area contributed by atoms with Crippen molar-refractivity contribution in [1.82, 2.24) is 19.7 Å². The van der Waals surface area contributed by atoms with Gasteiger partial charge in [0.1, 0.15) is 5.82 Å². The number of nitrogens with zero attached hydrogens (tertiary/aromatic N) is 4. The molecule has 1 aromatic heterocycles. The molecule has 1 saturated heterocycles. The number of aromatic nitrogens is 3. The lowest BCUT2D eigenvalue weighted by Crippen LogP contribution is -2.44. The Morgan fingerprint density at radius 3 is 2.36 bits per heavy atom. The summed E-state index contributed by atoms with van der Waals surface area (Å²) in [5.74, 6) is 3.61. The smallest absolute Gasteiger partial charge is 0.227 e. The van der Waals surface area contributed by atoms with E-state index in [4.69, 9.17) is 0 Å². The molecule has 1 amide bonds. The Bertz CT molecular complexity index is 815. The Labute approximate surface area is 171 Å². The van der Waals surface area contributed by atoms with E-state index in [9.17, 15) is 4.79 Å². The molecule has 2 fully saturated rings. The topological polar surface area (TPSA) is 51.0 Å². The Hall–Kier alpha value is -1.82. The van der Waals surface area contributed by atoms with E-state index in [2.05, 4.69) is 39.0 Å². The average molecular weight is 399 g/mol. The van der Waals surface area contributed by atoms with E-state index in [1.54, 1.807) is 0 Å². The van der Waals surface area contributed by atoms with Gasteiger partial charge in [0.2, 0.25) is 5.91 Å². The monoisotopic (exact) mass is 398 g/mol. The number of benzene rings is 1. The summed E-state index contributed by atoms with van der Waals surface area (Å²) >= 11 is 1.82. The van der Waals surface area contributed by atoms with Crippen molar-refractivity contribution in [3.63, 3.8) is 0 Å². The average Bonchev–Trinajstić information content (AvgIpc) is 3.45. The first-order chi connectivity index (χ1) is 13.4. The maximum Gasteiger partial charge on any atom is 0.227 e. The first kappa shape index (κ1) is 19.5. The highest BCUT2D eigenvalue weighted by molar-refractivity contribution is 7.99. The summed E-state index contributed by atoms with van der Waals surface area (Å²) in [5.41, 5.74) is 0.870. The second kappa shape index (κ2) is 7.90. The first-order valence-corrected chi connectivity index (χ1v) is 11.3. The number of piperidine rings is 1. The lowest BCUT2D eigenvalue weighted by atomic mass is 9.92. The van der Waals surface area contributed by atoms with Crippen molar-refractivity contribution >= 4 is 17.7 Å². The van der Waals surface area contributed by atoms with Crippen molar-refractivity contribution in [3.05, 3.63) is 36.2 Å². The van der Waals surface area contributed by atoms with E-state index < -0.39 is 0 Å². The lowest BCUT2D eigenvalue weighted by molar-refractivity contribution is -0.140. The van der Waals surface area contributed by atoms with Gasteiger partial charge in [0.15, 0.2) is 5.16 Å². The Morgan fingerprint density at radius 2 is 1.75 bits per heavy atom. The van der Waals surface area contributed by atoms with E-state index in [-0.39, 0.29) is 11.3 Å². The number of carbonyl (C=O) groups is 1. The van der Waals surface area contributed by atoms with E-state index in [0.29, 0.717) is 11.8 Å².